The summed E-state index contributed by atoms with van der Waals surface area (Å²) >= 11 is 0. The van der Waals surface area contributed by atoms with Crippen molar-refractivity contribution in [2.45, 2.75) is 11.8 Å². The molecule has 2 aliphatic rings. The number of hydrogen-bond donors (Lipinski definition) is 1. The number of aromatic nitrogens is 2. The molecule has 7 nitrogen and oxygen atoms in total. The Morgan fingerprint density at radius 1 is 1.06 bits per heavy atom. The monoisotopic (exact) mass is 417 g/mol. The predicted octanol–water partition coefficient (Wildman–Crippen LogP) is 3.47. The van der Waals surface area contributed by atoms with Crippen LogP contribution < -0.4 is 0 Å². The van der Waals surface area contributed by atoms with Gasteiger partial charge in [0.15, 0.2) is 0 Å². The lowest BCUT2D eigenvalue weighted by molar-refractivity contribution is -0.141. The number of likely N-dealkylation sites (tertiary alicyclic amines) is 1. The van der Waals surface area contributed by atoms with Crippen molar-refractivity contribution in [3.05, 3.63) is 77.9 Å². The van der Waals surface area contributed by atoms with Gasteiger partial charge in [-0.2, -0.15) is 0 Å². The largest absolute Gasteiger partial charge is 0.481 e. The molecule has 0 radical (unpaired) electrons. The normalized spacial score (nSPS) is 19.8. The van der Waals surface area contributed by atoms with Crippen LogP contribution in [0.2, 0.25) is 0 Å². The van der Waals surface area contributed by atoms with Crippen molar-refractivity contribution in [3.8, 4) is 11.1 Å². The van der Waals surface area contributed by atoms with Crippen molar-refractivity contribution < 1.29 is 19.4 Å². The highest BCUT2D eigenvalue weighted by atomic mass is 16.6. The molecule has 0 spiro atoms. The highest BCUT2D eigenvalue weighted by molar-refractivity contribution is 5.79. The number of ether oxygens (including phenoxy) is 1. The van der Waals surface area contributed by atoms with Crippen molar-refractivity contribution in [2.75, 3.05) is 19.7 Å². The maximum atomic E-state index is 12.9. The molecule has 3 aromatic rings. The lowest BCUT2D eigenvalue weighted by Crippen LogP contribution is -2.31. The molecule has 1 N–H and O–H groups in total. The van der Waals surface area contributed by atoms with Gasteiger partial charge in [0, 0.05) is 43.9 Å². The zero-order valence-electron chi connectivity index (χ0n) is 17.1. The number of benzene rings is 2. The standard InChI is InChI=1S/C24H23N3O4/c1-26-14-25-10-22(26)19-11-27(12-20(19)23(28)29)24(30)31-13-21-17-8-4-2-6-15(17)16-7-3-5-9-18(16)21/h2-10,14,19-21H,11-13H2,1H3,(H,28,29)/t19-,20-/m1/s1. The summed E-state index contributed by atoms with van der Waals surface area (Å²) in [5, 5.41) is 9.69. The number of amides is 1. The fourth-order valence-electron chi connectivity index (χ4n) is 4.91. The number of carboxylic acids is 1. The maximum Gasteiger partial charge on any atom is 0.409 e. The average Bonchev–Trinajstić information content (AvgIpc) is 3.47. The molecule has 2 aromatic carbocycles. The second-order valence-electron chi connectivity index (χ2n) is 8.19. The van der Waals surface area contributed by atoms with Gasteiger partial charge in [-0.15, -0.1) is 0 Å². The van der Waals surface area contributed by atoms with Crippen molar-refractivity contribution in [3.63, 3.8) is 0 Å². The molecule has 1 aromatic heterocycles. The third-order valence-electron chi connectivity index (χ3n) is 6.47. The molecule has 1 aliphatic carbocycles. The van der Waals surface area contributed by atoms with Gasteiger partial charge in [-0.25, -0.2) is 9.78 Å². The van der Waals surface area contributed by atoms with Crippen LogP contribution in [0.1, 0.15) is 28.7 Å². The van der Waals surface area contributed by atoms with Crippen LogP contribution in [0.25, 0.3) is 11.1 Å². The number of carbonyl (C=O) groups is 2. The Hall–Kier alpha value is -3.61. The Labute approximate surface area is 179 Å². The summed E-state index contributed by atoms with van der Waals surface area (Å²) < 4.78 is 7.53. The quantitative estimate of drug-likeness (QED) is 0.703. The lowest BCUT2D eigenvalue weighted by atomic mass is 9.93. The number of imidazole rings is 1. The first-order valence-electron chi connectivity index (χ1n) is 10.3. The van der Waals surface area contributed by atoms with E-state index in [1.807, 2.05) is 35.9 Å². The van der Waals surface area contributed by atoms with E-state index >= 15 is 0 Å². The van der Waals surface area contributed by atoms with Gasteiger partial charge in [-0.1, -0.05) is 48.5 Å². The van der Waals surface area contributed by atoms with Crippen LogP contribution in [-0.2, 0) is 16.6 Å². The van der Waals surface area contributed by atoms with Crippen LogP contribution in [0.15, 0.2) is 61.1 Å². The number of carbonyl (C=O) groups excluding carboxylic acids is 1. The minimum absolute atomic E-state index is 0.0258. The summed E-state index contributed by atoms with van der Waals surface area (Å²) in [5.74, 6) is -1.94. The number of rotatable bonds is 4. The van der Waals surface area contributed by atoms with Crippen molar-refractivity contribution in [2.24, 2.45) is 13.0 Å². The number of aryl methyl sites for hydroxylation is 1. The van der Waals surface area contributed by atoms with Gasteiger partial charge in [-0.05, 0) is 22.3 Å². The molecule has 1 fully saturated rings. The summed E-state index contributed by atoms with van der Waals surface area (Å²) in [6.45, 7) is 0.645. The van der Waals surface area contributed by atoms with E-state index in [0.717, 1.165) is 16.8 Å². The SMILES string of the molecule is Cn1cncc1[C@@H]1CN(C(=O)OCC2c3ccccc3-c3ccccc32)C[C@H]1C(=O)O. The summed E-state index contributed by atoms with van der Waals surface area (Å²) in [6, 6.07) is 16.3. The van der Waals surface area contributed by atoms with Crippen LogP contribution >= 0.6 is 0 Å². The first kappa shape index (κ1) is 19.4. The van der Waals surface area contributed by atoms with Gasteiger partial charge in [0.2, 0.25) is 0 Å². The molecule has 1 aliphatic heterocycles. The second-order valence-corrected chi connectivity index (χ2v) is 8.19. The van der Waals surface area contributed by atoms with E-state index in [9.17, 15) is 14.7 Å². The highest BCUT2D eigenvalue weighted by Crippen LogP contribution is 2.44. The molecule has 0 unspecified atom stereocenters. The molecular formula is C24H23N3O4. The molecular weight excluding hydrogens is 394 g/mol. The van der Waals surface area contributed by atoms with Crippen LogP contribution in [0, 0.1) is 5.92 Å². The van der Waals surface area contributed by atoms with Gasteiger partial charge in [-0.3, -0.25) is 4.79 Å². The second kappa shape index (κ2) is 7.58. The molecule has 158 valence electrons. The minimum atomic E-state index is -0.917. The van der Waals surface area contributed by atoms with Crippen molar-refractivity contribution >= 4 is 12.1 Å². The van der Waals surface area contributed by atoms with Crippen LogP contribution in [0.3, 0.4) is 0 Å². The molecule has 5 rings (SSSR count). The molecule has 2 atom stereocenters. The molecule has 0 bridgehead atoms. The van der Waals surface area contributed by atoms with E-state index < -0.39 is 18.0 Å². The van der Waals surface area contributed by atoms with E-state index in [1.54, 1.807) is 12.5 Å². The summed E-state index contributed by atoms with van der Waals surface area (Å²) in [6.07, 6.45) is 2.84. The first-order valence-corrected chi connectivity index (χ1v) is 10.3. The molecule has 31 heavy (non-hydrogen) atoms. The Morgan fingerprint density at radius 3 is 2.29 bits per heavy atom. The number of nitrogens with zero attached hydrogens (tertiary/aromatic N) is 3. The van der Waals surface area contributed by atoms with Crippen LogP contribution in [0.4, 0.5) is 4.79 Å². The van der Waals surface area contributed by atoms with E-state index in [0.29, 0.717) is 6.54 Å². The average molecular weight is 417 g/mol. The van der Waals surface area contributed by atoms with Crippen LogP contribution in [0.5, 0.6) is 0 Å². The lowest BCUT2D eigenvalue weighted by Gasteiger charge is -2.19. The Balaban J connectivity index is 1.32. The zero-order chi connectivity index (χ0) is 21.5. The van der Waals surface area contributed by atoms with Gasteiger partial charge in [0.25, 0.3) is 0 Å². The van der Waals surface area contributed by atoms with Gasteiger partial charge in [0.05, 0.1) is 12.2 Å². The Kier molecular flexibility index (Phi) is 4.73. The number of carboxylic acid groups (broad SMARTS) is 1. The number of hydrogen-bond acceptors (Lipinski definition) is 4. The first-order chi connectivity index (χ1) is 15.0. The Bertz CT molecular complexity index is 1110. The molecule has 0 saturated carbocycles. The number of aliphatic carboxylic acids is 1. The van der Waals surface area contributed by atoms with E-state index in [1.165, 1.54) is 16.0 Å². The summed E-state index contributed by atoms with van der Waals surface area (Å²) in [5.41, 5.74) is 5.44. The molecule has 2 heterocycles. The van der Waals surface area contributed by atoms with E-state index in [4.69, 9.17) is 4.74 Å². The van der Waals surface area contributed by atoms with Gasteiger partial charge in [0.1, 0.15) is 6.61 Å². The Morgan fingerprint density at radius 2 is 1.71 bits per heavy atom. The molecule has 1 saturated heterocycles. The topological polar surface area (TPSA) is 84.7 Å². The van der Waals surface area contributed by atoms with Crippen molar-refractivity contribution in [1.82, 2.24) is 14.5 Å². The van der Waals surface area contributed by atoms with E-state index in [2.05, 4.69) is 29.2 Å². The highest BCUT2D eigenvalue weighted by Gasteiger charge is 2.42. The predicted molar refractivity (Wildman–Crippen MR) is 114 cm³/mol. The smallest absolute Gasteiger partial charge is 0.409 e. The van der Waals surface area contributed by atoms with Crippen molar-refractivity contribution in [1.29, 1.82) is 0 Å². The summed E-state index contributed by atoms with van der Waals surface area (Å²) in [7, 11) is 1.83. The summed E-state index contributed by atoms with van der Waals surface area (Å²) in [4.78, 5) is 30.3. The number of fused-ring (bicyclic) bond motifs is 3. The minimum Gasteiger partial charge on any atom is -0.481 e. The van der Waals surface area contributed by atoms with Gasteiger partial charge >= 0.3 is 12.1 Å². The zero-order valence-corrected chi connectivity index (χ0v) is 17.1. The molecule has 7 heteroatoms. The fraction of sp³-hybridized carbons (Fsp3) is 0.292. The third-order valence-corrected chi connectivity index (χ3v) is 6.47. The van der Waals surface area contributed by atoms with E-state index in [-0.39, 0.29) is 25.0 Å². The fourth-order valence-corrected chi connectivity index (χ4v) is 4.91. The third kappa shape index (κ3) is 3.26. The maximum absolute atomic E-state index is 12.9. The molecule has 1 amide bonds. The van der Waals surface area contributed by atoms with Crippen LogP contribution in [-0.4, -0.2) is 51.3 Å². The van der Waals surface area contributed by atoms with Gasteiger partial charge < -0.3 is 19.3 Å².